The van der Waals surface area contributed by atoms with E-state index in [1.165, 1.54) is 0 Å². The van der Waals surface area contributed by atoms with Crippen molar-refractivity contribution in [3.05, 3.63) is 53.1 Å². The van der Waals surface area contributed by atoms with E-state index in [1.54, 1.807) is 27.2 Å². The Morgan fingerprint density at radius 3 is 2.50 bits per heavy atom. The summed E-state index contributed by atoms with van der Waals surface area (Å²) in [6, 6.07) is 11.3. The van der Waals surface area contributed by atoms with Crippen LogP contribution in [0.1, 0.15) is 30.0 Å². The smallest absolute Gasteiger partial charge is 0.306 e. The largest absolute Gasteiger partial charge is 0.493 e. The van der Waals surface area contributed by atoms with Gasteiger partial charge < -0.3 is 19.5 Å². The maximum Gasteiger partial charge on any atom is 0.306 e. The molecule has 1 atom stereocenters. The Morgan fingerprint density at radius 2 is 1.82 bits per heavy atom. The first kappa shape index (κ1) is 21.3. The molecule has 2 rings (SSSR count). The monoisotopic (exact) mass is 385 g/mol. The highest BCUT2D eigenvalue weighted by Crippen LogP contribution is 2.31. The Labute approximate surface area is 165 Å². The number of aryl methyl sites for hydroxylation is 3. The normalized spacial score (nSPS) is 11.5. The van der Waals surface area contributed by atoms with Gasteiger partial charge in [0.1, 0.15) is 0 Å². The van der Waals surface area contributed by atoms with Crippen LogP contribution in [0.15, 0.2) is 36.4 Å². The molecule has 150 valence electrons. The van der Waals surface area contributed by atoms with Crippen LogP contribution in [0, 0.1) is 13.8 Å². The molecule has 0 radical (unpaired) electrons. The first-order valence-electron chi connectivity index (χ1n) is 9.13. The van der Waals surface area contributed by atoms with Gasteiger partial charge in [-0.1, -0.05) is 24.3 Å². The van der Waals surface area contributed by atoms with Crippen molar-refractivity contribution in [2.24, 2.45) is 0 Å². The summed E-state index contributed by atoms with van der Waals surface area (Å²) in [7, 11) is 3.12. The third-order valence-electron chi connectivity index (χ3n) is 4.41. The van der Waals surface area contributed by atoms with Crippen molar-refractivity contribution in [2.75, 3.05) is 19.5 Å². The third kappa shape index (κ3) is 5.49. The number of para-hydroxylation sites is 1. The number of nitrogens with one attached hydrogen (secondary N) is 1. The standard InChI is InChI=1S/C22H27NO5/c1-14-9-10-15(2)18(13-14)23-22(25)16(3)28-20(24)12-11-17-7-6-8-19(26-4)21(17)27-5/h6-10,13,16H,11-12H2,1-5H3,(H,23,25)/t16-/m0/s1. The van der Waals surface area contributed by atoms with Crippen LogP contribution in [-0.2, 0) is 20.7 Å². The molecule has 0 aliphatic carbocycles. The minimum absolute atomic E-state index is 0.130. The van der Waals surface area contributed by atoms with Crippen molar-refractivity contribution in [1.82, 2.24) is 0 Å². The maximum atomic E-state index is 12.3. The summed E-state index contributed by atoms with van der Waals surface area (Å²) < 4.78 is 15.9. The highest BCUT2D eigenvalue weighted by atomic mass is 16.5. The second-order valence-corrected chi connectivity index (χ2v) is 6.59. The van der Waals surface area contributed by atoms with Crippen LogP contribution in [0.25, 0.3) is 0 Å². The molecule has 0 bridgehead atoms. The van der Waals surface area contributed by atoms with Crippen LogP contribution in [0.3, 0.4) is 0 Å². The summed E-state index contributed by atoms with van der Waals surface area (Å²) in [5, 5.41) is 2.81. The van der Waals surface area contributed by atoms with Crippen molar-refractivity contribution >= 4 is 17.6 Å². The Bertz CT molecular complexity index is 847. The zero-order chi connectivity index (χ0) is 20.7. The maximum absolute atomic E-state index is 12.3. The van der Waals surface area contributed by atoms with E-state index < -0.39 is 12.1 Å². The molecule has 6 nitrogen and oxygen atoms in total. The Hall–Kier alpha value is -3.02. The lowest BCUT2D eigenvalue weighted by Gasteiger charge is -2.16. The van der Waals surface area contributed by atoms with Gasteiger partial charge in [0.2, 0.25) is 0 Å². The molecule has 6 heteroatoms. The molecule has 0 spiro atoms. The SMILES string of the molecule is COc1cccc(CCC(=O)O[C@@H](C)C(=O)Nc2cc(C)ccc2C)c1OC. The molecule has 0 saturated carbocycles. The van der Waals surface area contributed by atoms with Gasteiger partial charge in [-0.15, -0.1) is 0 Å². The molecule has 0 aliphatic rings. The fourth-order valence-electron chi connectivity index (χ4n) is 2.80. The Balaban J connectivity index is 1.92. The predicted molar refractivity (Wildman–Crippen MR) is 108 cm³/mol. The molecule has 0 aromatic heterocycles. The van der Waals surface area contributed by atoms with Crippen LogP contribution in [0.2, 0.25) is 0 Å². The fourth-order valence-corrected chi connectivity index (χ4v) is 2.80. The lowest BCUT2D eigenvalue weighted by Crippen LogP contribution is -2.30. The number of benzene rings is 2. The number of rotatable bonds is 8. The molecule has 1 N–H and O–H groups in total. The highest BCUT2D eigenvalue weighted by Gasteiger charge is 2.19. The van der Waals surface area contributed by atoms with Gasteiger partial charge in [0.25, 0.3) is 5.91 Å². The van der Waals surface area contributed by atoms with Crippen LogP contribution in [-0.4, -0.2) is 32.2 Å². The van der Waals surface area contributed by atoms with E-state index in [4.69, 9.17) is 14.2 Å². The number of amides is 1. The average Bonchev–Trinajstić information content (AvgIpc) is 2.68. The lowest BCUT2D eigenvalue weighted by molar-refractivity contribution is -0.153. The minimum atomic E-state index is -0.889. The number of hydrogen-bond acceptors (Lipinski definition) is 5. The van der Waals surface area contributed by atoms with Crippen molar-refractivity contribution < 1.29 is 23.8 Å². The zero-order valence-corrected chi connectivity index (χ0v) is 17.0. The van der Waals surface area contributed by atoms with Gasteiger partial charge in [-0.2, -0.15) is 0 Å². The molecule has 0 aliphatic heterocycles. The van der Waals surface area contributed by atoms with Crippen molar-refractivity contribution in [1.29, 1.82) is 0 Å². The van der Waals surface area contributed by atoms with E-state index in [-0.39, 0.29) is 12.3 Å². The molecule has 0 unspecified atom stereocenters. The minimum Gasteiger partial charge on any atom is -0.493 e. The Kier molecular flexibility index (Phi) is 7.44. The summed E-state index contributed by atoms with van der Waals surface area (Å²) in [6.07, 6.45) is -0.338. The molecular weight excluding hydrogens is 358 g/mol. The summed E-state index contributed by atoms with van der Waals surface area (Å²) >= 11 is 0. The number of hydrogen-bond donors (Lipinski definition) is 1. The first-order chi connectivity index (χ1) is 13.3. The van der Waals surface area contributed by atoms with E-state index in [0.717, 1.165) is 16.7 Å². The number of anilines is 1. The van der Waals surface area contributed by atoms with E-state index in [9.17, 15) is 9.59 Å². The van der Waals surface area contributed by atoms with E-state index in [1.807, 2.05) is 44.2 Å². The van der Waals surface area contributed by atoms with Crippen molar-refractivity contribution in [3.8, 4) is 11.5 Å². The topological polar surface area (TPSA) is 73.9 Å². The van der Waals surface area contributed by atoms with E-state index in [2.05, 4.69) is 5.32 Å². The zero-order valence-electron chi connectivity index (χ0n) is 17.0. The second kappa shape index (κ2) is 9.78. The summed E-state index contributed by atoms with van der Waals surface area (Å²) in [6.45, 7) is 5.42. The van der Waals surface area contributed by atoms with E-state index >= 15 is 0 Å². The molecule has 2 aromatic carbocycles. The molecule has 28 heavy (non-hydrogen) atoms. The van der Waals surface area contributed by atoms with Gasteiger partial charge in [0, 0.05) is 12.1 Å². The third-order valence-corrected chi connectivity index (χ3v) is 4.41. The lowest BCUT2D eigenvalue weighted by atomic mass is 10.1. The number of carbonyl (C=O) groups is 2. The number of ether oxygens (including phenoxy) is 3. The van der Waals surface area contributed by atoms with Gasteiger partial charge in [-0.25, -0.2) is 0 Å². The van der Waals surface area contributed by atoms with E-state index in [0.29, 0.717) is 23.6 Å². The molecule has 1 amide bonds. The second-order valence-electron chi connectivity index (χ2n) is 6.59. The van der Waals surface area contributed by atoms with Crippen LogP contribution in [0.5, 0.6) is 11.5 Å². The van der Waals surface area contributed by atoms with Crippen LogP contribution >= 0.6 is 0 Å². The van der Waals surface area contributed by atoms with Gasteiger partial charge in [0.05, 0.1) is 14.2 Å². The fraction of sp³-hybridized carbons (Fsp3) is 0.364. The highest BCUT2D eigenvalue weighted by molar-refractivity contribution is 5.95. The number of esters is 1. The van der Waals surface area contributed by atoms with Crippen LogP contribution < -0.4 is 14.8 Å². The van der Waals surface area contributed by atoms with Gasteiger partial charge in [-0.05, 0) is 56.0 Å². The van der Waals surface area contributed by atoms with Gasteiger partial charge in [0.15, 0.2) is 17.6 Å². The molecule has 0 heterocycles. The molecular formula is C22H27NO5. The van der Waals surface area contributed by atoms with Crippen LogP contribution in [0.4, 0.5) is 5.69 Å². The first-order valence-corrected chi connectivity index (χ1v) is 9.13. The average molecular weight is 385 g/mol. The number of methoxy groups -OCH3 is 2. The Morgan fingerprint density at radius 1 is 1.07 bits per heavy atom. The van der Waals surface area contributed by atoms with Gasteiger partial charge >= 0.3 is 5.97 Å². The quantitative estimate of drug-likeness (QED) is 0.699. The summed E-state index contributed by atoms with van der Waals surface area (Å²) in [4.78, 5) is 24.5. The van der Waals surface area contributed by atoms with Crippen molar-refractivity contribution in [2.45, 2.75) is 39.7 Å². The summed E-state index contributed by atoms with van der Waals surface area (Å²) in [5.74, 6) is 0.391. The summed E-state index contributed by atoms with van der Waals surface area (Å²) in [5.41, 5.74) is 3.54. The predicted octanol–water partition coefficient (Wildman–Crippen LogP) is 3.82. The molecule has 0 saturated heterocycles. The van der Waals surface area contributed by atoms with Crippen molar-refractivity contribution in [3.63, 3.8) is 0 Å². The number of carbonyl (C=O) groups excluding carboxylic acids is 2. The molecule has 2 aromatic rings. The van der Waals surface area contributed by atoms with Gasteiger partial charge in [-0.3, -0.25) is 9.59 Å². The molecule has 0 fully saturated rings.